The van der Waals surface area contributed by atoms with E-state index in [2.05, 4.69) is 28.7 Å². The molecule has 104 valence electrons. The van der Waals surface area contributed by atoms with Gasteiger partial charge in [-0.3, -0.25) is 4.90 Å². The van der Waals surface area contributed by atoms with Crippen LogP contribution in [-0.4, -0.2) is 56.8 Å². The molecule has 5 heteroatoms. The van der Waals surface area contributed by atoms with E-state index in [1.807, 2.05) is 13.1 Å². The van der Waals surface area contributed by atoms with Crippen molar-refractivity contribution in [3.05, 3.63) is 18.0 Å². The lowest BCUT2D eigenvalue weighted by atomic mass is 10.1. The van der Waals surface area contributed by atoms with Gasteiger partial charge in [0.1, 0.15) is 0 Å². The highest BCUT2D eigenvalue weighted by Gasteiger charge is 2.43. The van der Waals surface area contributed by atoms with Crippen LogP contribution in [0, 0.1) is 6.92 Å². The van der Waals surface area contributed by atoms with Crippen molar-refractivity contribution in [2.75, 3.05) is 13.1 Å². The summed E-state index contributed by atoms with van der Waals surface area (Å²) in [6, 6.07) is 1.33. The average molecular weight is 262 g/mol. The summed E-state index contributed by atoms with van der Waals surface area (Å²) in [7, 11) is 0. The Morgan fingerprint density at radius 2 is 1.95 bits per heavy atom. The Morgan fingerprint density at radius 1 is 1.32 bits per heavy atom. The average Bonchev–Trinajstić information content (AvgIpc) is 2.90. The summed E-state index contributed by atoms with van der Waals surface area (Å²) in [5.41, 5.74) is 1.03. The van der Waals surface area contributed by atoms with Crippen LogP contribution >= 0.6 is 0 Å². The van der Waals surface area contributed by atoms with Gasteiger partial charge in [-0.05, 0) is 39.2 Å². The normalized spacial score (nSPS) is 27.3. The van der Waals surface area contributed by atoms with Gasteiger partial charge in [0, 0.05) is 37.4 Å². The summed E-state index contributed by atoms with van der Waals surface area (Å²) < 4.78 is 1.49. The molecule has 1 aromatic rings. The zero-order chi connectivity index (χ0) is 13.6. The maximum Gasteiger partial charge on any atom is 0.345 e. The standard InChI is InChI=1S/C14H22N4O/c1-10(2)16-8-12-4-5-13(9-16)18(12)14(19)17-7-11(3)6-15-17/h6-7,10,12-13H,4-5,8-9H2,1-3H3. The Morgan fingerprint density at radius 3 is 2.42 bits per heavy atom. The lowest BCUT2D eigenvalue weighted by Gasteiger charge is -2.42. The molecule has 0 N–H and O–H groups in total. The maximum atomic E-state index is 12.6. The van der Waals surface area contributed by atoms with Crippen LogP contribution in [0.5, 0.6) is 0 Å². The zero-order valence-corrected chi connectivity index (χ0v) is 11.9. The number of amides is 1. The van der Waals surface area contributed by atoms with E-state index in [0.29, 0.717) is 18.1 Å². The van der Waals surface area contributed by atoms with Gasteiger partial charge in [0.25, 0.3) is 0 Å². The number of nitrogens with zero attached hydrogens (tertiary/aromatic N) is 4. The lowest BCUT2D eigenvalue weighted by molar-refractivity contribution is 0.0700. The lowest BCUT2D eigenvalue weighted by Crippen LogP contribution is -2.58. The molecule has 3 rings (SSSR count). The highest BCUT2D eigenvalue weighted by molar-refractivity contribution is 5.77. The first-order valence-corrected chi connectivity index (χ1v) is 7.14. The van der Waals surface area contributed by atoms with Gasteiger partial charge in [-0.2, -0.15) is 9.78 Å². The van der Waals surface area contributed by atoms with Gasteiger partial charge in [-0.15, -0.1) is 0 Å². The van der Waals surface area contributed by atoms with Gasteiger partial charge in [0.05, 0.1) is 6.20 Å². The van der Waals surface area contributed by atoms with Crippen molar-refractivity contribution in [2.45, 2.75) is 51.7 Å². The molecule has 1 amide bonds. The van der Waals surface area contributed by atoms with Crippen LogP contribution in [0.2, 0.25) is 0 Å². The molecule has 2 unspecified atom stereocenters. The molecule has 3 heterocycles. The smallest absolute Gasteiger partial charge is 0.314 e. The molecule has 2 saturated heterocycles. The first-order chi connectivity index (χ1) is 9.06. The number of rotatable bonds is 1. The monoisotopic (exact) mass is 262 g/mol. The number of carbonyl (C=O) groups excluding carboxylic acids is 1. The van der Waals surface area contributed by atoms with E-state index >= 15 is 0 Å². The molecular formula is C14H22N4O. The highest BCUT2D eigenvalue weighted by atomic mass is 16.2. The van der Waals surface area contributed by atoms with Gasteiger partial charge in [0.2, 0.25) is 0 Å². The minimum atomic E-state index is 0.0454. The van der Waals surface area contributed by atoms with Crippen molar-refractivity contribution in [3.63, 3.8) is 0 Å². The number of fused-ring (bicyclic) bond motifs is 2. The van der Waals surface area contributed by atoms with Crippen molar-refractivity contribution in [2.24, 2.45) is 0 Å². The van der Waals surface area contributed by atoms with Gasteiger partial charge in [0.15, 0.2) is 0 Å². The Labute approximate surface area is 114 Å². The molecule has 2 atom stereocenters. The van der Waals surface area contributed by atoms with E-state index in [0.717, 1.165) is 31.5 Å². The van der Waals surface area contributed by atoms with Gasteiger partial charge >= 0.3 is 6.03 Å². The summed E-state index contributed by atoms with van der Waals surface area (Å²) >= 11 is 0. The Kier molecular flexibility index (Phi) is 3.09. The van der Waals surface area contributed by atoms with Crippen LogP contribution in [0.25, 0.3) is 0 Å². The van der Waals surface area contributed by atoms with Crippen molar-refractivity contribution in [3.8, 4) is 0 Å². The van der Waals surface area contributed by atoms with Crippen molar-refractivity contribution in [1.29, 1.82) is 0 Å². The van der Waals surface area contributed by atoms with Gasteiger partial charge in [-0.25, -0.2) is 4.79 Å². The minimum absolute atomic E-state index is 0.0454. The Hall–Kier alpha value is -1.36. The quantitative estimate of drug-likeness (QED) is 0.774. The number of aromatic nitrogens is 2. The summed E-state index contributed by atoms with van der Waals surface area (Å²) in [5.74, 6) is 0. The molecular weight excluding hydrogens is 240 g/mol. The number of piperazine rings is 1. The minimum Gasteiger partial charge on any atom is -0.314 e. The predicted molar refractivity (Wildman–Crippen MR) is 73.1 cm³/mol. The van der Waals surface area contributed by atoms with Crippen molar-refractivity contribution in [1.82, 2.24) is 19.6 Å². The molecule has 5 nitrogen and oxygen atoms in total. The molecule has 0 spiro atoms. The molecule has 0 aliphatic carbocycles. The van der Waals surface area contributed by atoms with Crippen LogP contribution < -0.4 is 0 Å². The number of likely N-dealkylation sites (tertiary alicyclic amines) is 1. The second-order valence-electron chi connectivity index (χ2n) is 6.08. The highest BCUT2D eigenvalue weighted by Crippen LogP contribution is 2.31. The van der Waals surface area contributed by atoms with E-state index in [1.165, 1.54) is 4.68 Å². The first-order valence-electron chi connectivity index (χ1n) is 7.14. The maximum absolute atomic E-state index is 12.6. The van der Waals surface area contributed by atoms with Crippen LogP contribution in [0.3, 0.4) is 0 Å². The third-order valence-corrected chi connectivity index (χ3v) is 4.37. The van der Waals surface area contributed by atoms with Crippen LogP contribution in [0.15, 0.2) is 12.4 Å². The van der Waals surface area contributed by atoms with Crippen LogP contribution in [-0.2, 0) is 0 Å². The number of aryl methyl sites for hydroxylation is 1. The first kappa shape index (κ1) is 12.7. The summed E-state index contributed by atoms with van der Waals surface area (Å²) in [6.07, 6.45) is 5.81. The molecule has 1 aromatic heterocycles. The molecule has 19 heavy (non-hydrogen) atoms. The van der Waals surface area contributed by atoms with E-state index in [4.69, 9.17) is 0 Å². The zero-order valence-electron chi connectivity index (χ0n) is 11.9. The summed E-state index contributed by atoms with van der Waals surface area (Å²) in [6.45, 7) is 8.42. The topological polar surface area (TPSA) is 41.4 Å². The fourth-order valence-corrected chi connectivity index (χ4v) is 3.31. The molecule has 0 saturated carbocycles. The third-order valence-electron chi connectivity index (χ3n) is 4.37. The van der Waals surface area contributed by atoms with Crippen LogP contribution in [0.4, 0.5) is 4.79 Å². The third kappa shape index (κ3) is 2.16. The number of hydrogen-bond donors (Lipinski definition) is 0. The fraction of sp³-hybridized carbons (Fsp3) is 0.714. The van der Waals surface area contributed by atoms with Crippen LogP contribution in [0.1, 0.15) is 32.3 Å². The summed E-state index contributed by atoms with van der Waals surface area (Å²) in [5, 5.41) is 4.15. The van der Waals surface area contributed by atoms with E-state index < -0.39 is 0 Å². The Balaban J connectivity index is 1.78. The molecule has 2 aliphatic heterocycles. The van der Waals surface area contributed by atoms with Crippen molar-refractivity contribution >= 4 is 6.03 Å². The van der Waals surface area contributed by atoms with E-state index in [1.54, 1.807) is 6.20 Å². The van der Waals surface area contributed by atoms with Crippen molar-refractivity contribution < 1.29 is 4.79 Å². The molecule has 2 bridgehead atoms. The van der Waals surface area contributed by atoms with E-state index in [-0.39, 0.29) is 6.03 Å². The fourth-order valence-electron chi connectivity index (χ4n) is 3.31. The predicted octanol–water partition coefficient (Wildman–Crippen LogP) is 1.72. The number of hydrogen-bond acceptors (Lipinski definition) is 3. The second kappa shape index (κ2) is 4.63. The SMILES string of the molecule is Cc1cnn(C(=O)N2C3CCC2CN(C(C)C)C3)c1. The molecule has 0 aromatic carbocycles. The van der Waals surface area contributed by atoms with Gasteiger partial charge in [-0.1, -0.05) is 0 Å². The largest absolute Gasteiger partial charge is 0.345 e. The second-order valence-corrected chi connectivity index (χ2v) is 6.08. The Bertz CT molecular complexity index is 468. The molecule has 2 aliphatic rings. The van der Waals surface area contributed by atoms with E-state index in [9.17, 15) is 4.79 Å². The molecule has 2 fully saturated rings. The van der Waals surface area contributed by atoms with Gasteiger partial charge < -0.3 is 4.90 Å². The summed E-state index contributed by atoms with van der Waals surface area (Å²) in [4.78, 5) is 17.1. The number of carbonyl (C=O) groups is 1. The molecule has 0 radical (unpaired) electrons.